The molecular formula is C59H65BrK2N6O17S2. The normalized spacial score (nSPS) is 10.9. The van der Waals surface area contributed by atoms with Crippen LogP contribution in [-0.2, 0) is 77.4 Å². The van der Waals surface area contributed by atoms with Crippen molar-refractivity contribution in [1.82, 2.24) is 0 Å². The number of hydrogen-bond donors (Lipinski definition) is 3. The van der Waals surface area contributed by atoms with E-state index in [1.165, 1.54) is 90.8 Å². The molecule has 23 nitrogen and oxygen atoms in total. The van der Waals surface area contributed by atoms with Gasteiger partial charge in [-0.3, -0.25) is 42.6 Å². The molecule has 454 valence electrons. The van der Waals surface area contributed by atoms with Crippen molar-refractivity contribution in [3.63, 3.8) is 0 Å². The number of terminal acetylenes is 2. The maximum atomic E-state index is 13.9. The van der Waals surface area contributed by atoms with Crippen LogP contribution < -0.4 is 137 Å². The number of carbonyl (C=O) groups excluding carboxylic acids is 7. The molecule has 0 saturated heterocycles. The number of carbonyl (C=O) groups is 7. The summed E-state index contributed by atoms with van der Waals surface area (Å²) in [4.78, 5) is 83.7. The molecule has 6 rings (SSSR count). The zero-order valence-corrected chi connectivity index (χ0v) is 59.1. The van der Waals surface area contributed by atoms with Crippen LogP contribution in [0.25, 0.3) is 21.5 Å². The Kier molecular flexibility index (Phi) is 36.2. The molecule has 6 aromatic carbocycles. The van der Waals surface area contributed by atoms with Gasteiger partial charge in [0.1, 0.15) is 11.9 Å². The first kappa shape index (κ1) is 79.1. The summed E-state index contributed by atoms with van der Waals surface area (Å²) in [5.41, 5.74) is 3.03. The molecule has 3 N–H and O–H groups in total. The summed E-state index contributed by atoms with van der Waals surface area (Å²) >= 11 is 2.90. The number of fused-ring (bicyclic) bond motifs is 2. The van der Waals surface area contributed by atoms with Crippen molar-refractivity contribution in [3.05, 3.63) is 121 Å². The van der Waals surface area contributed by atoms with Gasteiger partial charge in [-0.05, 0) is 86.6 Å². The number of amides is 2. The Bertz CT molecular complexity index is 3630. The van der Waals surface area contributed by atoms with Gasteiger partial charge in [0.05, 0.1) is 75.5 Å². The minimum atomic E-state index is -4.26. The minimum Gasteiger partial charge on any atom is -1.00 e. The first-order chi connectivity index (χ1) is 40.4. The number of sulfonamides is 2. The standard InChI is InChI=1S/C29H31N3O7S.C26H27N3O5S.C3H5BrO2.CH2O3.2K.H/c1-6-17-31(20(2)18-28(34)38-4)26-15-16-27(25-10-8-7-9-24(25)26)32(19-29(35)39-5)40(36,37)23-13-11-22(12-14-23)30-21(3)33;1-5-16-29(18(2)17-26(31)34-4)25-15-14-24(22-8-6-7-9-23(22)25)28-35(32,33)21-12-10-20(11-13-21)27-19(3)30;1-6-3(5)2-4;2-1-4-3;;;/h1,7-16,20H,17-19H2,2-5H3,(H,30,33);1,6-15,18,28H,16-17H2,2-4H3,(H,27,30);2H2,1H3;1,3H;;;/q;;;;2*+1;-1/p-1/t20-;18-;;;;;/m00...../s1. The first-order valence-electron chi connectivity index (χ1n) is 25.2. The number of alkyl halides is 1. The third kappa shape index (κ3) is 24.2. The van der Waals surface area contributed by atoms with Gasteiger partial charge in [-0.15, -0.1) is 12.8 Å². The van der Waals surface area contributed by atoms with Gasteiger partial charge in [0.15, 0.2) is 0 Å². The van der Waals surface area contributed by atoms with Crippen LogP contribution in [0.15, 0.2) is 131 Å². The average molecular weight is 1350 g/mol. The number of nitrogens with one attached hydrogen (secondary N) is 3. The predicted octanol–water partition coefficient (Wildman–Crippen LogP) is 0.657. The largest absolute Gasteiger partial charge is 1.00 e. The summed E-state index contributed by atoms with van der Waals surface area (Å²) in [5.74, 6) is 2.96. The molecule has 2 amide bonds. The molecule has 87 heavy (non-hydrogen) atoms. The number of halogens is 1. The van der Waals surface area contributed by atoms with E-state index in [1.54, 1.807) is 42.5 Å². The quantitative estimate of drug-likeness (QED) is 0.0123. The molecule has 0 aliphatic rings. The van der Waals surface area contributed by atoms with Crippen molar-refractivity contribution in [2.75, 3.05) is 82.9 Å². The molecule has 0 heterocycles. The number of rotatable bonds is 22. The number of nitrogens with zero attached hydrogens (tertiary/aromatic N) is 3. The van der Waals surface area contributed by atoms with Crippen LogP contribution in [0.1, 0.15) is 42.0 Å². The number of benzene rings is 6. The molecule has 2 atom stereocenters. The molecule has 0 saturated carbocycles. The van der Waals surface area contributed by atoms with Gasteiger partial charge < -0.3 is 51.0 Å². The van der Waals surface area contributed by atoms with Gasteiger partial charge in [0, 0.05) is 70.2 Å². The van der Waals surface area contributed by atoms with Crippen LogP contribution in [0.5, 0.6) is 0 Å². The van der Waals surface area contributed by atoms with Crippen LogP contribution in [-0.4, -0.2) is 124 Å². The fourth-order valence-electron chi connectivity index (χ4n) is 8.08. The monoisotopic (exact) mass is 1350 g/mol. The van der Waals surface area contributed by atoms with Gasteiger partial charge in [-0.1, -0.05) is 76.3 Å². The second-order valence-electron chi connectivity index (χ2n) is 17.8. The van der Waals surface area contributed by atoms with Crippen molar-refractivity contribution in [2.45, 2.75) is 62.4 Å². The molecular weight excluding hydrogens is 1290 g/mol. The van der Waals surface area contributed by atoms with E-state index in [0.29, 0.717) is 38.9 Å². The average Bonchev–Trinajstić information content (AvgIpc) is 3.58. The van der Waals surface area contributed by atoms with E-state index in [1.807, 2.05) is 54.0 Å². The molecule has 0 aliphatic heterocycles. The number of esters is 4. The predicted molar refractivity (Wildman–Crippen MR) is 325 cm³/mol. The summed E-state index contributed by atoms with van der Waals surface area (Å²) in [6.45, 7) is 6.13. The van der Waals surface area contributed by atoms with Crippen molar-refractivity contribution in [1.29, 1.82) is 0 Å². The molecule has 0 radical (unpaired) electrons. The van der Waals surface area contributed by atoms with Crippen LogP contribution in [0.3, 0.4) is 0 Å². The Morgan fingerprint density at radius 3 is 1.32 bits per heavy atom. The van der Waals surface area contributed by atoms with Gasteiger partial charge in [-0.25, -0.2) is 16.8 Å². The van der Waals surface area contributed by atoms with Crippen LogP contribution in [0.2, 0.25) is 0 Å². The Morgan fingerprint density at radius 2 is 0.954 bits per heavy atom. The van der Waals surface area contributed by atoms with Gasteiger partial charge in [-0.2, -0.15) is 0 Å². The second kappa shape index (κ2) is 39.9. The van der Waals surface area contributed by atoms with Crippen molar-refractivity contribution in [2.24, 2.45) is 0 Å². The summed E-state index contributed by atoms with van der Waals surface area (Å²) in [7, 11) is -2.98. The van der Waals surface area contributed by atoms with Crippen LogP contribution in [0, 0.1) is 24.7 Å². The Morgan fingerprint density at radius 1 is 0.586 bits per heavy atom. The molecule has 0 bridgehead atoms. The summed E-state index contributed by atoms with van der Waals surface area (Å²) < 4.78 is 76.2. The van der Waals surface area contributed by atoms with E-state index in [9.17, 15) is 45.6 Å². The smallest absolute Gasteiger partial charge is 1.00 e. The fraction of sp³-hybridized carbons (Fsp3) is 0.271. The number of anilines is 6. The topological polar surface area (TPSA) is 303 Å². The van der Waals surface area contributed by atoms with Crippen LogP contribution in [0.4, 0.5) is 34.1 Å². The van der Waals surface area contributed by atoms with E-state index in [2.05, 4.69) is 52.8 Å². The number of ether oxygens (including phenoxy) is 4. The zero-order valence-electron chi connectivity index (χ0n) is 50.7. The molecule has 0 aliphatic carbocycles. The van der Waals surface area contributed by atoms with Crippen LogP contribution >= 0.6 is 15.9 Å². The van der Waals surface area contributed by atoms with Crippen molar-refractivity contribution >= 4 is 134 Å². The SMILES string of the molecule is C#CCN(c1ccc(N(CC(=O)OC)S(=O)(=O)c2ccc(NC(C)=O)cc2)c2ccccc12)[C@@H](C)CC(=O)OC.C#CCN(c1ccc(NS(=O)(=O)c2ccc(NC(C)=O)cc2)c2ccccc12)[C@@H](C)CC(=O)OC.COC(=O)CBr.O=CO[O-].[H-].[K+].[K+]. The number of methoxy groups -OCH3 is 4. The van der Waals surface area contributed by atoms with Gasteiger partial charge in [0.2, 0.25) is 11.8 Å². The van der Waals surface area contributed by atoms with Gasteiger partial charge >= 0.3 is 127 Å². The van der Waals surface area contributed by atoms with E-state index in [4.69, 9.17) is 37.1 Å². The van der Waals surface area contributed by atoms with Crippen molar-refractivity contribution in [3.8, 4) is 24.7 Å². The summed E-state index contributed by atoms with van der Waals surface area (Å²) in [6.07, 6.45) is 11.5. The molecule has 0 fully saturated rings. The van der Waals surface area contributed by atoms with E-state index < -0.39 is 38.5 Å². The minimum absolute atomic E-state index is 0. The second-order valence-corrected chi connectivity index (χ2v) is 21.9. The van der Waals surface area contributed by atoms with E-state index in [-0.39, 0.29) is 193 Å². The molecule has 0 unspecified atom stereocenters. The van der Waals surface area contributed by atoms with Crippen molar-refractivity contribution < 1.29 is 184 Å². The third-order valence-corrected chi connectivity index (χ3v) is 15.6. The first-order valence-corrected chi connectivity index (χ1v) is 29.3. The fourth-order valence-corrected chi connectivity index (χ4v) is 10.8. The zero-order chi connectivity index (χ0) is 63.4. The molecule has 28 heteroatoms. The maximum Gasteiger partial charge on any atom is 1.00 e. The third-order valence-electron chi connectivity index (χ3n) is 12.0. The maximum absolute atomic E-state index is 13.9. The van der Waals surface area contributed by atoms with E-state index >= 15 is 0 Å². The Labute approximate surface area is 601 Å². The Balaban J connectivity index is 0.00000145. The summed E-state index contributed by atoms with van der Waals surface area (Å²) in [5, 5.41) is 16.6. The van der Waals surface area contributed by atoms with E-state index in [0.717, 1.165) is 15.4 Å². The summed E-state index contributed by atoms with van der Waals surface area (Å²) in [6, 6.07) is 32.2. The number of hydrogen-bond acceptors (Lipinski definition) is 19. The Hall–Kier alpha value is -5.94. The molecule has 6 aromatic rings. The molecule has 0 spiro atoms. The molecule has 0 aromatic heterocycles. The van der Waals surface area contributed by atoms with Gasteiger partial charge in [0.25, 0.3) is 26.5 Å².